The molecule has 0 saturated carbocycles. The lowest BCUT2D eigenvalue weighted by molar-refractivity contribution is 0.0601. The molecule has 0 heterocycles. The van der Waals surface area contributed by atoms with E-state index in [9.17, 15) is 4.79 Å². The van der Waals surface area contributed by atoms with Gasteiger partial charge in [0, 0.05) is 5.69 Å². The normalized spacial score (nSPS) is 13.8. The molecule has 14 heavy (non-hydrogen) atoms. The maximum Gasteiger partial charge on any atom is 0.340 e. The van der Waals surface area contributed by atoms with Crippen LogP contribution in [0.25, 0.3) is 0 Å². The summed E-state index contributed by atoms with van der Waals surface area (Å²) in [5.74, 6) is -0.318. The molecule has 0 unspecified atom stereocenters. The van der Waals surface area contributed by atoms with E-state index in [-0.39, 0.29) is 5.97 Å². The van der Waals surface area contributed by atoms with Crippen molar-refractivity contribution in [1.29, 1.82) is 0 Å². The minimum Gasteiger partial charge on any atom is -0.465 e. The SMILES string of the molecule is COC(=O)c1c(N)ccc2c1CCC2. The van der Waals surface area contributed by atoms with Crippen molar-refractivity contribution in [3.05, 3.63) is 28.8 Å². The Morgan fingerprint density at radius 3 is 2.93 bits per heavy atom. The van der Waals surface area contributed by atoms with Gasteiger partial charge >= 0.3 is 5.97 Å². The molecule has 1 aromatic carbocycles. The molecule has 1 aliphatic rings. The van der Waals surface area contributed by atoms with Gasteiger partial charge in [-0.15, -0.1) is 0 Å². The molecule has 2 rings (SSSR count). The summed E-state index contributed by atoms with van der Waals surface area (Å²) in [6.07, 6.45) is 3.08. The molecular weight excluding hydrogens is 178 g/mol. The second-order valence-electron chi connectivity index (χ2n) is 3.51. The molecule has 1 aromatic rings. The van der Waals surface area contributed by atoms with E-state index in [1.54, 1.807) is 6.07 Å². The van der Waals surface area contributed by atoms with Crippen LogP contribution in [0, 0.1) is 0 Å². The molecule has 0 amide bonds. The van der Waals surface area contributed by atoms with Crippen molar-refractivity contribution in [2.24, 2.45) is 0 Å². The van der Waals surface area contributed by atoms with Gasteiger partial charge in [0.25, 0.3) is 0 Å². The van der Waals surface area contributed by atoms with Crippen LogP contribution in [0.15, 0.2) is 12.1 Å². The highest BCUT2D eigenvalue weighted by atomic mass is 16.5. The number of fused-ring (bicyclic) bond motifs is 1. The predicted molar refractivity (Wildman–Crippen MR) is 54.2 cm³/mol. The summed E-state index contributed by atoms with van der Waals surface area (Å²) in [5.41, 5.74) is 9.18. The van der Waals surface area contributed by atoms with Gasteiger partial charge in [0.15, 0.2) is 0 Å². The fraction of sp³-hybridized carbons (Fsp3) is 0.364. The van der Waals surface area contributed by atoms with Crippen LogP contribution in [-0.4, -0.2) is 13.1 Å². The Kier molecular flexibility index (Phi) is 2.15. The third kappa shape index (κ3) is 1.25. The Bertz CT molecular complexity index is 385. The quantitative estimate of drug-likeness (QED) is 0.541. The van der Waals surface area contributed by atoms with E-state index in [4.69, 9.17) is 10.5 Å². The van der Waals surface area contributed by atoms with Gasteiger partial charge in [-0.25, -0.2) is 4.79 Å². The number of ether oxygens (including phenoxy) is 1. The number of benzene rings is 1. The van der Waals surface area contributed by atoms with Crippen molar-refractivity contribution in [3.8, 4) is 0 Å². The zero-order valence-electron chi connectivity index (χ0n) is 8.17. The lowest BCUT2D eigenvalue weighted by Gasteiger charge is -2.09. The third-order valence-corrected chi connectivity index (χ3v) is 2.70. The van der Waals surface area contributed by atoms with E-state index in [0.717, 1.165) is 24.8 Å². The molecule has 0 spiro atoms. The largest absolute Gasteiger partial charge is 0.465 e. The van der Waals surface area contributed by atoms with E-state index >= 15 is 0 Å². The first-order valence-electron chi connectivity index (χ1n) is 4.72. The number of methoxy groups -OCH3 is 1. The van der Waals surface area contributed by atoms with Crippen molar-refractivity contribution >= 4 is 11.7 Å². The van der Waals surface area contributed by atoms with Crippen molar-refractivity contribution < 1.29 is 9.53 Å². The summed E-state index contributed by atoms with van der Waals surface area (Å²) in [5, 5.41) is 0. The summed E-state index contributed by atoms with van der Waals surface area (Å²) in [7, 11) is 1.39. The van der Waals surface area contributed by atoms with Crippen LogP contribution in [-0.2, 0) is 17.6 Å². The summed E-state index contributed by atoms with van der Waals surface area (Å²) < 4.78 is 4.72. The van der Waals surface area contributed by atoms with Gasteiger partial charge in [0.2, 0.25) is 0 Å². The molecule has 0 atom stereocenters. The maximum atomic E-state index is 11.5. The summed E-state index contributed by atoms with van der Waals surface area (Å²) >= 11 is 0. The van der Waals surface area contributed by atoms with Gasteiger partial charge < -0.3 is 10.5 Å². The topological polar surface area (TPSA) is 52.3 Å². The smallest absolute Gasteiger partial charge is 0.340 e. The molecule has 0 aliphatic heterocycles. The minimum atomic E-state index is -0.318. The number of carbonyl (C=O) groups is 1. The van der Waals surface area contributed by atoms with Gasteiger partial charge in [0.1, 0.15) is 0 Å². The number of nitrogen functional groups attached to an aromatic ring is 1. The van der Waals surface area contributed by atoms with E-state index in [1.165, 1.54) is 12.7 Å². The number of rotatable bonds is 1. The first-order valence-corrected chi connectivity index (χ1v) is 4.72. The van der Waals surface area contributed by atoms with Crippen LogP contribution >= 0.6 is 0 Å². The highest BCUT2D eigenvalue weighted by molar-refractivity contribution is 5.97. The van der Waals surface area contributed by atoms with Crippen LogP contribution in [0.1, 0.15) is 27.9 Å². The molecule has 0 bridgehead atoms. The van der Waals surface area contributed by atoms with Gasteiger partial charge in [0.05, 0.1) is 12.7 Å². The Hall–Kier alpha value is -1.51. The lowest BCUT2D eigenvalue weighted by Crippen LogP contribution is -2.09. The van der Waals surface area contributed by atoms with E-state index in [0.29, 0.717) is 11.3 Å². The van der Waals surface area contributed by atoms with E-state index in [1.807, 2.05) is 6.07 Å². The molecule has 1 aliphatic carbocycles. The van der Waals surface area contributed by atoms with Gasteiger partial charge in [-0.3, -0.25) is 0 Å². The average molecular weight is 191 g/mol. The fourth-order valence-electron chi connectivity index (χ4n) is 2.03. The van der Waals surface area contributed by atoms with Crippen molar-refractivity contribution in [2.45, 2.75) is 19.3 Å². The minimum absolute atomic E-state index is 0.318. The Balaban J connectivity index is 2.57. The monoisotopic (exact) mass is 191 g/mol. The third-order valence-electron chi connectivity index (χ3n) is 2.70. The molecule has 3 nitrogen and oxygen atoms in total. The molecule has 2 N–H and O–H groups in total. The zero-order valence-corrected chi connectivity index (χ0v) is 8.17. The molecule has 0 fully saturated rings. The number of hydrogen-bond acceptors (Lipinski definition) is 3. The highest BCUT2D eigenvalue weighted by Gasteiger charge is 2.21. The number of carbonyl (C=O) groups excluding carboxylic acids is 1. The predicted octanol–water partition coefficient (Wildman–Crippen LogP) is 1.54. The molecule has 0 radical (unpaired) electrons. The number of nitrogens with two attached hydrogens (primary N) is 1. The number of anilines is 1. The van der Waals surface area contributed by atoms with Gasteiger partial charge in [-0.2, -0.15) is 0 Å². The number of aryl methyl sites for hydroxylation is 1. The van der Waals surface area contributed by atoms with Crippen LogP contribution in [0.3, 0.4) is 0 Å². The number of esters is 1. The zero-order chi connectivity index (χ0) is 10.1. The Labute approximate surface area is 82.9 Å². The molecule has 0 saturated heterocycles. The molecule has 0 aromatic heterocycles. The highest BCUT2D eigenvalue weighted by Crippen LogP contribution is 2.29. The van der Waals surface area contributed by atoms with Crippen molar-refractivity contribution in [1.82, 2.24) is 0 Å². The van der Waals surface area contributed by atoms with Crippen LogP contribution in [0.5, 0.6) is 0 Å². The molecule has 3 heteroatoms. The van der Waals surface area contributed by atoms with Crippen molar-refractivity contribution in [3.63, 3.8) is 0 Å². The second kappa shape index (κ2) is 3.33. The first kappa shape index (κ1) is 9.06. The van der Waals surface area contributed by atoms with Crippen LogP contribution < -0.4 is 5.73 Å². The van der Waals surface area contributed by atoms with E-state index < -0.39 is 0 Å². The first-order chi connectivity index (χ1) is 6.74. The second-order valence-corrected chi connectivity index (χ2v) is 3.51. The standard InChI is InChI=1S/C11H13NO2/c1-14-11(13)10-8-4-2-3-7(8)5-6-9(10)12/h5-6H,2-4,12H2,1H3. The maximum absolute atomic E-state index is 11.5. The lowest BCUT2D eigenvalue weighted by atomic mass is 10.0. The summed E-state index contributed by atoms with van der Waals surface area (Å²) in [6, 6.07) is 3.79. The fourth-order valence-corrected chi connectivity index (χ4v) is 2.03. The summed E-state index contributed by atoms with van der Waals surface area (Å²) in [6.45, 7) is 0. The molecular formula is C11H13NO2. The van der Waals surface area contributed by atoms with E-state index in [2.05, 4.69) is 0 Å². The Morgan fingerprint density at radius 2 is 2.21 bits per heavy atom. The van der Waals surface area contributed by atoms with Crippen LogP contribution in [0.4, 0.5) is 5.69 Å². The van der Waals surface area contributed by atoms with Gasteiger partial charge in [-0.05, 0) is 36.5 Å². The van der Waals surface area contributed by atoms with Gasteiger partial charge in [-0.1, -0.05) is 6.07 Å². The van der Waals surface area contributed by atoms with Crippen molar-refractivity contribution in [2.75, 3.05) is 12.8 Å². The number of hydrogen-bond donors (Lipinski definition) is 1. The molecule has 74 valence electrons. The summed E-state index contributed by atoms with van der Waals surface area (Å²) in [4.78, 5) is 11.5. The average Bonchev–Trinajstić information content (AvgIpc) is 2.64. The van der Waals surface area contributed by atoms with Crippen LogP contribution in [0.2, 0.25) is 0 Å². The Morgan fingerprint density at radius 1 is 1.43 bits per heavy atom.